The van der Waals surface area contributed by atoms with Crippen molar-refractivity contribution in [3.05, 3.63) is 35.9 Å². The summed E-state index contributed by atoms with van der Waals surface area (Å²) >= 11 is 0. The van der Waals surface area contributed by atoms with E-state index in [2.05, 4.69) is 71.7 Å². The zero-order chi connectivity index (χ0) is 30.1. The Morgan fingerprint density at radius 1 is 1.00 bits per heavy atom. The summed E-state index contributed by atoms with van der Waals surface area (Å²) in [4.78, 5) is 16.4. The van der Waals surface area contributed by atoms with Crippen molar-refractivity contribution in [3.63, 3.8) is 0 Å². The molecule has 0 aliphatic carbocycles. The van der Waals surface area contributed by atoms with Crippen molar-refractivity contribution in [3.8, 4) is 17.2 Å². The molecule has 0 bridgehead atoms. The molecular formula is C31H48N8O3. The molecule has 2 aromatic carbocycles. The van der Waals surface area contributed by atoms with Gasteiger partial charge in [-0.3, -0.25) is 4.90 Å². The number of hydrogen-bond acceptors (Lipinski definition) is 11. The van der Waals surface area contributed by atoms with Crippen molar-refractivity contribution in [1.29, 1.82) is 0 Å². The minimum absolute atomic E-state index is 0.282. The predicted octanol–water partition coefficient (Wildman–Crippen LogP) is 3.49. The lowest BCUT2D eigenvalue weighted by atomic mass is 10.0. The molecule has 0 amide bonds. The number of nitrogens with one attached hydrogen (secondary N) is 2. The molecule has 1 aliphatic rings. The van der Waals surface area contributed by atoms with Crippen LogP contribution in [0.4, 0.5) is 17.5 Å². The van der Waals surface area contributed by atoms with Crippen molar-refractivity contribution in [2.75, 3.05) is 97.3 Å². The SMILES string of the molecule is COc1cc2nc(NCCCN)nc(NC3CCN(Cc4c(OCCN(C)C)cccc4N(C)C)CC3)c2cc1OC. The molecule has 11 heteroatoms. The van der Waals surface area contributed by atoms with Crippen LogP contribution in [0.1, 0.15) is 24.8 Å². The van der Waals surface area contributed by atoms with E-state index in [4.69, 9.17) is 29.9 Å². The Morgan fingerprint density at radius 2 is 1.74 bits per heavy atom. The van der Waals surface area contributed by atoms with Crippen LogP contribution < -0.4 is 35.5 Å². The molecule has 11 nitrogen and oxygen atoms in total. The average Bonchev–Trinajstić information content (AvgIpc) is 2.98. The van der Waals surface area contributed by atoms with Gasteiger partial charge in [0, 0.05) is 75.6 Å². The van der Waals surface area contributed by atoms with E-state index in [1.165, 1.54) is 11.3 Å². The first kappa shape index (κ1) is 31.4. The van der Waals surface area contributed by atoms with Gasteiger partial charge in [-0.2, -0.15) is 4.98 Å². The molecule has 0 radical (unpaired) electrons. The molecule has 4 N–H and O–H groups in total. The first-order valence-electron chi connectivity index (χ1n) is 14.8. The molecule has 1 fully saturated rings. The Hall–Kier alpha value is -3.54. The van der Waals surface area contributed by atoms with Crippen molar-refractivity contribution in [2.24, 2.45) is 5.73 Å². The molecule has 1 saturated heterocycles. The lowest BCUT2D eigenvalue weighted by Crippen LogP contribution is -2.39. The predicted molar refractivity (Wildman–Crippen MR) is 172 cm³/mol. The van der Waals surface area contributed by atoms with Crippen LogP contribution in [0.5, 0.6) is 17.2 Å². The lowest BCUT2D eigenvalue weighted by molar-refractivity contribution is 0.205. The number of hydrogen-bond donors (Lipinski definition) is 3. The Bertz CT molecular complexity index is 1290. The van der Waals surface area contributed by atoms with E-state index >= 15 is 0 Å². The zero-order valence-electron chi connectivity index (χ0n) is 26.1. The van der Waals surface area contributed by atoms with Gasteiger partial charge < -0.3 is 40.4 Å². The fraction of sp³-hybridized carbons (Fsp3) is 0.548. The number of likely N-dealkylation sites (tertiary alicyclic amines) is 1. The maximum Gasteiger partial charge on any atom is 0.225 e. The summed E-state index contributed by atoms with van der Waals surface area (Å²) in [6, 6.07) is 10.5. The third-order valence-corrected chi connectivity index (χ3v) is 7.56. The largest absolute Gasteiger partial charge is 0.493 e. The number of anilines is 3. The van der Waals surface area contributed by atoms with Gasteiger partial charge in [0.25, 0.3) is 0 Å². The van der Waals surface area contributed by atoms with E-state index in [1.54, 1.807) is 14.2 Å². The van der Waals surface area contributed by atoms with E-state index in [0.717, 1.165) is 67.9 Å². The normalized spacial score (nSPS) is 14.3. The summed E-state index contributed by atoms with van der Waals surface area (Å²) in [7, 11) is 11.6. The molecule has 2 heterocycles. The Labute approximate surface area is 250 Å². The number of methoxy groups -OCH3 is 2. The standard InChI is InChI=1S/C31H48N8O3/c1-37(2)17-18-42-27-10-7-9-26(38(3)4)24(27)21-39-15-11-22(12-16-39)34-30-23-19-28(40-5)29(41-6)20-25(23)35-31(36-30)33-14-8-13-32/h7,9-10,19-20,22H,8,11-18,21,32H2,1-6H3,(H2,33,34,35,36). The highest BCUT2D eigenvalue weighted by molar-refractivity contribution is 5.92. The summed E-state index contributed by atoms with van der Waals surface area (Å²) in [5.41, 5.74) is 8.92. The molecular weight excluding hydrogens is 532 g/mol. The second-order valence-electron chi connectivity index (χ2n) is 11.2. The number of ether oxygens (including phenoxy) is 3. The average molecular weight is 581 g/mol. The molecule has 0 spiro atoms. The van der Waals surface area contributed by atoms with Crippen LogP contribution in [0.15, 0.2) is 30.3 Å². The van der Waals surface area contributed by atoms with Crippen molar-refractivity contribution in [1.82, 2.24) is 19.8 Å². The first-order chi connectivity index (χ1) is 20.3. The van der Waals surface area contributed by atoms with E-state index in [0.29, 0.717) is 37.1 Å². The summed E-state index contributed by atoms with van der Waals surface area (Å²) in [6.07, 6.45) is 2.83. The van der Waals surface area contributed by atoms with E-state index in [9.17, 15) is 0 Å². The van der Waals surface area contributed by atoms with Crippen LogP contribution in [-0.2, 0) is 6.54 Å². The Kier molecular flexibility index (Phi) is 11.3. The van der Waals surface area contributed by atoms with E-state index in [-0.39, 0.29) is 6.04 Å². The van der Waals surface area contributed by atoms with Crippen LogP contribution >= 0.6 is 0 Å². The maximum atomic E-state index is 6.25. The van der Waals surface area contributed by atoms with Crippen LogP contribution in [0.25, 0.3) is 10.9 Å². The highest BCUT2D eigenvalue weighted by atomic mass is 16.5. The van der Waals surface area contributed by atoms with Gasteiger partial charge in [0.15, 0.2) is 11.5 Å². The minimum Gasteiger partial charge on any atom is -0.493 e. The zero-order valence-corrected chi connectivity index (χ0v) is 26.1. The van der Waals surface area contributed by atoms with Crippen molar-refractivity contribution < 1.29 is 14.2 Å². The molecule has 3 aromatic rings. The van der Waals surface area contributed by atoms with Crippen LogP contribution in [-0.4, -0.2) is 108 Å². The highest BCUT2D eigenvalue weighted by Crippen LogP contribution is 2.36. The van der Waals surface area contributed by atoms with Gasteiger partial charge in [-0.1, -0.05) is 6.07 Å². The molecule has 4 rings (SSSR count). The van der Waals surface area contributed by atoms with Gasteiger partial charge in [-0.25, -0.2) is 4.98 Å². The second kappa shape index (κ2) is 15.1. The van der Waals surface area contributed by atoms with Gasteiger partial charge in [0.05, 0.1) is 19.7 Å². The number of rotatable bonds is 15. The number of benzene rings is 2. The fourth-order valence-corrected chi connectivity index (χ4v) is 5.20. The van der Waals surface area contributed by atoms with Gasteiger partial charge in [0.2, 0.25) is 5.95 Å². The van der Waals surface area contributed by atoms with Crippen LogP contribution in [0, 0.1) is 0 Å². The number of aromatic nitrogens is 2. The lowest BCUT2D eigenvalue weighted by Gasteiger charge is -2.34. The number of likely N-dealkylation sites (N-methyl/N-ethyl adjacent to an activating group) is 1. The van der Waals surface area contributed by atoms with Gasteiger partial charge in [-0.15, -0.1) is 0 Å². The van der Waals surface area contributed by atoms with Crippen molar-refractivity contribution in [2.45, 2.75) is 31.8 Å². The highest BCUT2D eigenvalue weighted by Gasteiger charge is 2.24. The minimum atomic E-state index is 0.282. The summed E-state index contributed by atoms with van der Waals surface area (Å²) < 4.78 is 17.4. The maximum absolute atomic E-state index is 6.25. The third-order valence-electron chi connectivity index (χ3n) is 7.56. The van der Waals surface area contributed by atoms with Crippen molar-refractivity contribution >= 4 is 28.4 Å². The summed E-state index contributed by atoms with van der Waals surface area (Å²) in [6.45, 7) is 5.65. The van der Waals surface area contributed by atoms with E-state index in [1.807, 2.05) is 12.1 Å². The molecule has 0 saturated carbocycles. The van der Waals surface area contributed by atoms with Crippen LogP contribution in [0.3, 0.4) is 0 Å². The number of fused-ring (bicyclic) bond motifs is 1. The first-order valence-corrected chi connectivity index (χ1v) is 14.8. The molecule has 42 heavy (non-hydrogen) atoms. The van der Waals surface area contributed by atoms with Gasteiger partial charge in [-0.05, 0) is 58.1 Å². The Balaban J connectivity index is 1.49. The number of nitrogens with two attached hydrogens (primary N) is 1. The quantitative estimate of drug-likeness (QED) is 0.230. The molecule has 1 aromatic heterocycles. The van der Waals surface area contributed by atoms with E-state index < -0.39 is 0 Å². The number of piperidine rings is 1. The third kappa shape index (κ3) is 8.05. The summed E-state index contributed by atoms with van der Waals surface area (Å²) in [5.74, 6) is 3.63. The Morgan fingerprint density at radius 3 is 2.40 bits per heavy atom. The fourth-order valence-electron chi connectivity index (χ4n) is 5.20. The van der Waals surface area contributed by atoms with Gasteiger partial charge in [0.1, 0.15) is 18.2 Å². The monoisotopic (exact) mass is 580 g/mol. The molecule has 1 aliphatic heterocycles. The summed E-state index contributed by atoms with van der Waals surface area (Å²) in [5, 5.41) is 7.95. The topological polar surface area (TPSA) is 113 Å². The van der Waals surface area contributed by atoms with Gasteiger partial charge >= 0.3 is 0 Å². The molecule has 0 atom stereocenters. The number of nitrogens with zero attached hydrogens (tertiary/aromatic N) is 5. The molecule has 0 unspecified atom stereocenters. The van der Waals surface area contributed by atoms with Crippen LogP contribution in [0.2, 0.25) is 0 Å². The smallest absolute Gasteiger partial charge is 0.225 e. The molecule has 230 valence electrons. The second-order valence-corrected chi connectivity index (χ2v) is 11.2.